The van der Waals surface area contributed by atoms with Gasteiger partial charge < -0.3 is 10.6 Å². The minimum absolute atomic E-state index is 0.00785. The fourth-order valence-electron chi connectivity index (χ4n) is 2.64. The zero-order valence-corrected chi connectivity index (χ0v) is 14.9. The molecule has 26 heavy (non-hydrogen) atoms. The van der Waals surface area contributed by atoms with E-state index >= 15 is 0 Å². The van der Waals surface area contributed by atoms with Gasteiger partial charge in [-0.3, -0.25) is 4.79 Å². The van der Waals surface area contributed by atoms with Crippen molar-refractivity contribution in [2.24, 2.45) is 0 Å². The summed E-state index contributed by atoms with van der Waals surface area (Å²) >= 11 is 0. The van der Waals surface area contributed by atoms with Gasteiger partial charge in [-0.1, -0.05) is 49.4 Å². The zero-order valence-electron chi connectivity index (χ0n) is 14.9. The Labute approximate surface area is 154 Å². The van der Waals surface area contributed by atoms with E-state index in [4.69, 9.17) is 0 Å². The van der Waals surface area contributed by atoms with Crippen molar-refractivity contribution in [3.05, 3.63) is 84.1 Å². The second-order valence-electron chi connectivity index (χ2n) is 6.14. The summed E-state index contributed by atoms with van der Waals surface area (Å²) in [4.78, 5) is 16.4. The lowest BCUT2D eigenvalue weighted by atomic mass is 10.1. The maximum Gasteiger partial charge on any atom is 0.224 e. The number of benzene rings is 2. The molecule has 0 fully saturated rings. The van der Waals surface area contributed by atoms with Crippen LogP contribution in [0.25, 0.3) is 0 Å². The molecule has 0 aliphatic carbocycles. The number of aryl methyl sites for hydroxylation is 2. The number of rotatable bonds is 7. The Morgan fingerprint density at radius 2 is 1.62 bits per heavy atom. The maximum atomic E-state index is 12.1. The molecule has 0 spiro atoms. The van der Waals surface area contributed by atoms with E-state index in [1.807, 2.05) is 54.6 Å². The van der Waals surface area contributed by atoms with Crippen LogP contribution in [-0.2, 0) is 17.6 Å². The molecule has 1 amide bonds. The second kappa shape index (κ2) is 8.81. The first kappa shape index (κ1) is 17.7. The van der Waals surface area contributed by atoms with Crippen molar-refractivity contribution in [1.29, 1.82) is 0 Å². The first-order valence-corrected chi connectivity index (χ1v) is 8.89. The molecule has 0 saturated heterocycles. The third kappa shape index (κ3) is 5.18. The van der Waals surface area contributed by atoms with Gasteiger partial charge in [0.1, 0.15) is 5.82 Å². The van der Waals surface area contributed by atoms with E-state index in [1.54, 1.807) is 6.20 Å². The number of hydrogen-bond acceptors (Lipinski definition) is 3. The van der Waals surface area contributed by atoms with Gasteiger partial charge in [-0.25, -0.2) is 4.98 Å². The van der Waals surface area contributed by atoms with Crippen LogP contribution < -0.4 is 10.6 Å². The molecule has 1 heterocycles. The van der Waals surface area contributed by atoms with Crippen molar-refractivity contribution >= 4 is 23.1 Å². The summed E-state index contributed by atoms with van der Waals surface area (Å²) in [7, 11) is 0. The van der Waals surface area contributed by atoms with E-state index in [-0.39, 0.29) is 5.91 Å². The molecule has 0 unspecified atom stereocenters. The number of carbonyl (C=O) groups is 1. The van der Waals surface area contributed by atoms with Crippen LogP contribution in [0.1, 0.15) is 24.5 Å². The number of carbonyl (C=O) groups excluding carboxylic acids is 1. The van der Waals surface area contributed by atoms with Crippen LogP contribution in [0.2, 0.25) is 0 Å². The Hall–Kier alpha value is -3.14. The van der Waals surface area contributed by atoms with Crippen LogP contribution in [0, 0.1) is 0 Å². The topological polar surface area (TPSA) is 54.0 Å². The van der Waals surface area contributed by atoms with Crippen molar-refractivity contribution < 1.29 is 4.79 Å². The van der Waals surface area contributed by atoms with Gasteiger partial charge >= 0.3 is 0 Å². The number of nitrogens with one attached hydrogen (secondary N) is 2. The Bertz CT molecular complexity index is 828. The molecule has 3 rings (SSSR count). The standard InChI is InChI=1S/C22H23N3O/c1-2-17-8-11-19(12-9-17)24-21-14-13-20(16-23-21)25-22(26)15-10-18-6-4-3-5-7-18/h3-9,11-14,16H,2,10,15H2,1H3,(H,23,24)(H,25,26). The second-order valence-corrected chi connectivity index (χ2v) is 6.14. The average molecular weight is 345 g/mol. The SMILES string of the molecule is CCc1ccc(Nc2ccc(NC(=O)CCc3ccccc3)cn2)cc1. The highest BCUT2D eigenvalue weighted by molar-refractivity contribution is 5.90. The molecular formula is C22H23N3O. The van der Waals surface area contributed by atoms with E-state index in [1.165, 1.54) is 5.56 Å². The van der Waals surface area contributed by atoms with E-state index < -0.39 is 0 Å². The number of aromatic nitrogens is 1. The predicted molar refractivity (Wildman–Crippen MR) is 107 cm³/mol. The van der Waals surface area contributed by atoms with Gasteiger partial charge in [0, 0.05) is 12.1 Å². The van der Waals surface area contributed by atoms with E-state index in [0.29, 0.717) is 12.1 Å². The Morgan fingerprint density at radius 3 is 2.27 bits per heavy atom. The van der Waals surface area contributed by atoms with E-state index in [0.717, 1.165) is 29.9 Å². The van der Waals surface area contributed by atoms with E-state index in [2.05, 4.69) is 34.7 Å². The Balaban J connectivity index is 1.51. The van der Waals surface area contributed by atoms with Crippen LogP contribution in [0.15, 0.2) is 72.9 Å². The lowest BCUT2D eigenvalue weighted by Gasteiger charge is -2.08. The van der Waals surface area contributed by atoms with E-state index in [9.17, 15) is 4.79 Å². The third-order valence-electron chi connectivity index (χ3n) is 4.17. The van der Waals surface area contributed by atoms with Crippen molar-refractivity contribution in [2.45, 2.75) is 26.2 Å². The molecule has 0 radical (unpaired) electrons. The zero-order chi connectivity index (χ0) is 18.2. The predicted octanol–water partition coefficient (Wildman–Crippen LogP) is 4.96. The summed E-state index contributed by atoms with van der Waals surface area (Å²) in [6, 6.07) is 22.0. The maximum absolute atomic E-state index is 12.1. The fourth-order valence-corrected chi connectivity index (χ4v) is 2.64. The third-order valence-corrected chi connectivity index (χ3v) is 4.17. The molecule has 4 heteroatoms. The molecule has 3 aromatic rings. The van der Waals surface area contributed by atoms with Crippen molar-refractivity contribution in [2.75, 3.05) is 10.6 Å². The highest BCUT2D eigenvalue weighted by Crippen LogP contribution is 2.17. The molecule has 0 aliphatic rings. The Morgan fingerprint density at radius 1 is 0.885 bits per heavy atom. The van der Waals surface area contributed by atoms with Gasteiger partial charge in [0.25, 0.3) is 0 Å². The molecule has 2 aromatic carbocycles. The molecule has 132 valence electrons. The number of amides is 1. The fraction of sp³-hybridized carbons (Fsp3) is 0.182. The summed E-state index contributed by atoms with van der Waals surface area (Å²) in [5, 5.41) is 6.15. The van der Waals surface area contributed by atoms with Crippen molar-refractivity contribution in [3.63, 3.8) is 0 Å². The lowest BCUT2D eigenvalue weighted by molar-refractivity contribution is -0.116. The summed E-state index contributed by atoms with van der Waals surface area (Å²) < 4.78 is 0. The van der Waals surface area contributed by atoms with Gasteiger partial charge in [0.2, 0.25) is 5.91 Å². The van der Waals surface area contributed by atoms with Crippen LogP contribution in [0.5, 0.6) is 0 Å². The summed E-state index contributed by atoms with van der Waals surface area (Å²) in [6.45, 7) is 2.14. The first-order chi connectivity index (χ1) is 12.7. The van der Waals surface area contributed by atoms with Gasteiger partial charge in [-0.05, 0) is 48.2 Å². The summed E-state index contributed by atoms with van der Waals surface area (Å²) in [5.74, 6) is 0.739. The molecule has 0 aliphatic heterocycles. The van der Waals surface area contributed by atoms with Crippen LogP contribution in [-0.4, -0.2) is 10.9 Å². The van der Waals surface area contributed by atoms with Gasteiger partial charge in [0.05, 0.1) is 11.9 Å². The Kier molecular flexibility index (Phi) is 5.99. The van der Waals surface area contributed by atoms with Crippen LogP contribution in [0.3, 0.4) is 0 Å². The molecule has 0 bridgehead atoms. The van der Waals surface area contributed by atoms with Crippen molar-refractivity contribution in [3.8, 4) is 0 Å². The van der Waals surface area contributed by atoms with Gasteiger partial charge in [0.15, 0.2) is 0 Å². The van der Waals surface area contributed by atoms with Crippen LogP contribution in [0.4, 0.5) is 17.2 Å². The summed E-state index contributed by atoms with van der Waals surface area (Å²) in [6.07, 6.45) is 3.88. The minimum Gasteiger partial charge on any atom is -0.340 e. The largest absolute Gasteiger partial charge is 0.340 e. The molecule has 2 N–H and O–H groups in total. The minimum atomic E-state index is -0.00785. The number of pyridine rings is 1. The highest BCUT2D eigenvalue weighted by atomic mass is 16.1. The molecule has 4 nitrogen and oxygen atoms in total. The van der Waals surface area contributed by atoms with Gasteiger partial charge in [-0.2, -0.15) is 0 Å². The molecule has 0 atom stereocenters. The van der Waals surface area contributed by atoms with Crippen LogP contribution >= 0.6 is 0 Å². The monoisotopic (exact) mass is 345 g/mol. The smallest absolute Gasteiger partial charge is 0.224 e. The first-order valence-electron chi connectivity index (χ1n) is 8.89. The molecule has 0 saturated carbocycles. The van der Waals surface area contributed by atoms with Crippen molar-refractivity contribution in [1.82, 2.24) is 4.98 Å². The number of nitrogens with zero attached hydrogens (tertiary/aromatic N) is 1. The number of anilines is 3. The normalized spacial score (nSPS) is 10.3. The average Bonchev–Trinajstić information content (AvgIpc) is 2.69. The number of hydrogen-bond donors (Lipinski definition) is 2. The lowest BCUT2D eigenvalue weighted by Crippen LogP contribution is -2.12. The van der Waals surface area contributed by atoms with Gasteiger partial charge in [-0.15, -0.1) is 0 Å². The quantitative estimate of drug-likeness (QED) is 0.636. The molecular weight excluding hydrogens is 322 g/mol. The highest BCUT2D eigenvalue weighted by Gasteiger charge is 2.04. The summed E-state index contributed by atoms with van der Waals surface area (Å²) in [5.41, 5.74) is 4.16. The molecule has 1 aromatic heterocycles.